The number of pyridine rings is 2. The third-order valence-electron chi connectivity index (χ3n) is 5.19. The van der Waals surface area contributed by atoms with Crippen molar-refractivity contribution in [2.24, 2.45) is 0 Å². The van der Waals surface area contributed by atoms with Crippen LogP contribution in [0.5, 0.6) is 0 Å². The van der Waals surface area contributed by atoms with Crippen LogP contribution in [-0.2, 0) is 12.7 Å². The summed E-state index contributed by atoms with van der Waals surface area (Å²) in [5, 5.41) is 12.8. The number of benzene rings is 1. The highest BCUT2D eigenvalue weighted by molar-refractivity contribution is 6.31. The molecule has 5 aromatic rings. The summed E-state index contributed by atoms with van der Waals surface area (Å²) in [6, 6.07) is 10.8. The Labute approximate surface area is 211 Å². The zero-order valence-electron chi connectivity index (χ0n) is 18.0. The third-order valence-corrected chi connectivity index (χ3v) is 5.65. The molecule has 1 N–H and O–H groups in total. The number of nitrogens with one attached hydrogen (secondary N) is 1. The van der Waals surface area contributed by atoms with Crippen LogP contribution in [0.4, 0.5) is 24.5 Å². The standard InChI is InChI=1S/C23H14Cl2F3N7O/c24-15-4-2-14(3-5-15)18-11-31-35-21(20(18)32-17-7-16(25)9-29-10-17)33-34(22(35)36)12-13-1-6-19(30-8-13)23(26,27)28/h1-11,32H,12H2. The summed E-state index contributed by atoms with van der Waals surface area (Å²) >= 11 is 12.1. The molecule has 36 heavy (non-hydrogen) atoms. The lowest BCUT2D eigenvalue weighted by atomic mass is 10.1. The van der Waals surface area contributed by atoms with Gasteiger partial charge in [0.05, 0.1) is 35.3 Å². The minimum Gasteiger partial charge on any atom is -0.351 e. The van der Waals surface area contributed by atoms with Crippen molar-refractivity contribution in [2.45, 2.75) is 12.7 Å². The Morgan fingerprint density at radius 3 is 2.39 bits per heavy atom. The maximum Gasteiger partial charge on any atom is 0.433 e. The number of aromatic nitrogens is 6. The molecule has 1 aromatic carbocycles. The second-order valence-electron chi connectivity index (χ2n) is 7.68. The second-order valence-corrected chi connectivity index (χ2v) is 8.55. The van der Waals surface area contributed by atoms with Crippen LogP contribution < -0.4 is 11.0 Å². The molecule has 4 heterocycles. The molecule has 8 nitrogen and oxygen atoms in total. The van der Waals surface area contributed by atoms with Crippen molar-refractivity contribution in [3.8, 4) is 11.1 Å². The van der Waals surface area contributed by atoms with E-state index >= 15 is 0 Å². The summed E-state index contributed by atoms with van der Waals surface area (Å²) < 4.78 is 40.7. The summed E-state index contributed by atoms with van der Waals surface area (Å²) in [4.78, 5) is 20.5. The number of anilines is 2. The Balaban J connectivity index is 1.61. The normalized spacial score (nSPS) is 11.7. The highest BCUT2D eigenvalue weighted by Crippen LogP contribution is 2.33. The van der Waals surface area contributed by atoms with Crippen molar-refractivity contribution in [3.63, 3.8) is 0 Å². The third kappa shape index (κ3) is 4.75. The van der Waals surface area contributed by atoms with Gasteiger partial charge in [-0.25, -0.2) is 9.48 Å². The summed E-state index contributed by atoms with van der Waals surface area (Å²) in [6.07, 6.45) is 1.03. The van der Waals surface area contributed by atoms with E-state index in [0.29, 0.717) is 32.5 Å². The molecule has 0 aliphatic heterocycles. The van der Waals surface area contributed by atoms with Crippen molar-refractivity contribution in [1.82, 2.24) is 29.4 Å². The lowest BCUT2D eigenvalue weighted by molar-refractivity contribution is -0.141. The molecule has 0 radical (unpaired) electrons. The number of hydrogen-bond donors (Lipinski definition) is 1. The largest absolute Gasteiger partial charge is 0.433 e. The topological polar surface area (TPSA) is 90.0 Å². The molecule has 0 bridgehead atoms. The van der Waals surface area contributed by atoms with E-state index < -0.39 is 17.6 Å². The summed E-state index contributed by atoms with van der Waals surface area (Å²) in [5.41, 5.74) is 1.29. The van der Waals surface area contributed by atoms with E-state index in [4.69, 9.17) is 23.2 Å². The van der Waals surface area contributed by atoms with Gasteiger partial charge < -0.3 is 5.32 Å². The predicted molar refractivity (Wildman–Crippen MR) is 129 cm³/mol. The van der Waals surface area contributed by atoms with E-state index in [2.05, 4.69) is 25.5 Å². The van der Waals surface area contributed by atoms with Crippen LogP contribution in [0.25, 0.3) is 16.8 Å². The maximum absolute atomic E-state index is 13.0. The highest BCUT2D eigenvalue weighted by atomic mass is 35.5. The van der Waals surface area contributed by atoms with E-state index in [1.165, 1.54) is 18.5 Å². The first-order valence-corrected chi connectivity index (χ1v) is 11.1. The van der Waals surface area contributed by atoms with Gasteiger partial charge in [0, 0.05) is 23.0 Å². The molecule has 0 unspecified atom stereocenters. The van der Waals surface area contributed by atoms with Gasteiger partial charge in [-0.15, -0.1) is 5.10 Å². The van der Waals surface area contributed by atoms with Crippen molar-refractivity contribution in [3.05, 3.63) is 99.0 Å². The number of nitrogens with zero attached hydrogens (tertiary/aromatic N) is 6. The zero-order chi connectivity index (χ0) is 25.4. The molecule has 4 aromatic heterocycles. The van der Waals surface area contributed by atoms with Gasteiger partial charge >= 0.3 is 11.9 Å². The van der Waals surface area contributed by atoms with Gasteiger partial charge in [0.2, 0.25) is 5.65 Å². The van der Waals surface area contributed by atoms with Gasteiger partial charge in [-0.2, -0.15) is 22.8 Å². The number of rotatable bonds is 5. The molecule has 0 fully saturated rings. The fourth-order valence-corrected chi connectivity index (χ4v) is 3.82. The first kappa shape index (κ1) is 23.8. The average Bonchev–Trinajstić information content (AvgIpc) is 3.15. The number of fused-ring (bicyclic) bond motifs is 1. The molecule has 0 amide bonds. The Morgan fingerprint density at radius 1 is 0.944 bits per heavy atom. The van der Waals surface area contributed by atoms with Crippen LogP contribution in [-0.4, -0.2) is 29.4 Å². The average molecular weight is 532 g/mol. The van der Waals surface area contributed by atoms with Crippen molar-refractivity contribution >= 4 is 40.2 Å². The van der Waals surface area contributed by atoms with Gasteiger partial charge in [-0.05, 0) is 35.4 Å². The Hall–Kier alpha value is -3.96. The van der Waals surface area contributed by atoms with Crippen LogP contribution in [0.15, 0.2) is 72.0 Å². The molecule has 13 heteroatoms. The quantitative estimate of drug-likeness (QED) is 0.323. The predicted octanol–water partition coefficient (Wildman–Crippen LogP) is 5.47. The monoisotopic (exact) mass is 531 g/mol. The molecular weight excluding hydrogens is 518 g/mol. The number of hydrogen-bond acceptors (Lipinski definition) is 6. The molecule has 0 aliphatic rings. The minimum atomic E-state index is -4.56. The lowest BCUT2D eigenvalue weighted by Gasteiger charge is -2.12. The van der Waals surface area contributed by atoms with Crippen molar-refractivity contribution in [1.29, 1.82) is 0 Å². The second kappa shape index (κ2) is 9.25. The molecular formula is C23H14Cl2F3N7O. The molecule has 0 aliphatic carbocycles. The highest BCUT2D eigenvalue weighted by Gasteiger charge is 2.32. The number of halogens is 5. The smallest absolute Gasteiger partial charge is 0.351 e. The van der Waals surface area contributed by atoms with E-state index in [9.17, 15) is 18.0 Å². The van der Waals surface area contributed by atoms with Crippen LogP contribution in [0.2, 0.25) is 10.0 Å². The Bertz CT molecular complexity index is 1610. The Kier molecular flexibility index (Phi) is 6.10. The first-order chi connectivity index (χ1) is 17.2. The molecule has 0 spiro atoms. The maximum atomic E-state index is 13.0. The van der Waals surface area contributed by atoms with Crippen LogP contribution in [0.1, 0.15) is 11.3 Å². The first-order valence-electron chi connectivity index (χ1n) is 10.3. The fraction of sp³-hybridized carbons (Fsp3) is 0.0870. The molecule has 0 saturated carbocycles. The minimum absolute atomic E-state index is 0.109. The van der Waals surface area contributed by atoms with Crippen LogP contribution in [0.3, 0.4) is 0 Å². The number of alkyl halides is 3. The van der Waals surface area contributed by atoms with Gasteiger partial charge in [-0.1, -0.05) is 41.4 Å². The van der Waals surface area contributed by atoms with E-state index in [1.54, 1.807) is 36.5 Å². The lowest BCUT2D eigenvalue weighted by Crippen LogP contribution is -2.23. The van der Waals surface area contributed by atoms with E-state index in [0.717, 1.165) is 27.0 Å². The van der Waals surface area contributed by atoms with Gasteiger partial charge in [0.1, 0.15) is 5.69 Å². The van der Waals surface area contributed by atoms with Crippen molar-refractivity contribution in [2.75, 3.05) is 5.32 Å². The van der Waals surface area contributed by atoms with Crippen molar-refractivity contribution < 1.29 is 13.2 Å². The SMILES string of the molecule is O=c1n(Cc2ccc(C(F)(F)F)nc2)nc2c(Nc3cncc(Cl)c3)c(-c3ccc(Cl)cc3)cnn12. The summed E-state index contributed by atoms with van der Waals surface area (Å²) in [6.45, 7) is -0.109. The van der Waals surface area contributed by atoms with Crippen LogP contribution >= 0.6 is 23.2 Å². The molecule has 0 saturated heterocycles. The fourth-order valence-electron chi connectivity index (χ4n) is 3.52. The summed E-state index contributed by atoms with van der Waals surface area (Å²) in [7, 11) is 0. The van der Waals surface area contributed by atoms with Gasteiger partial charge in [0.25, 0.3) is 0 Å². The molecule has 182 valence electrons. The van der Waals surface area contributed by atoms with Crippen LogP contribution in [0, 0.1) is 0 Å². The van der Waals surface area contributed by atoms with E-state index in [-0.39, 0.29) is 12.2 Å². The molecule has 5 rings (SSSR count). The van der Waals surface area contributed by atoms with Gasteiger partial charge in [0.15, 0.2) is 0 Å². The summed E-state index contributed by atoms with van der Waals surface area (Å²) in [5.74, 6) is 0. The van der Waals surface area contributed by atoms with E-state index in [1.807, 2.05) is 0 Å². The molecule has 0 atom stereocenters. The van der Waals surface area contributed by atoms with Gasteiger partial charge in [-0.3, -0.25) is 9.97 Å². The zero-order valence-corrected chi connectivity index (χ0v) is 19.6. The Morgan fingerprint density at radius 2 is 1.72 bits per heavy atom.